The zero-order chi connectivity index (χ0) is 20.5. The summed E-state index contributed by atoms with van der Waals surface area (Å²) in [5.41, 5.74) is -0.153. The summed E-state index contributed by atoms with van der Waals surface area (Å²) in [6, 6.07) is 3.42. The van der Waals surface area contributed by atoms with Crippen LogP contribution < -0.4 is 0 Å². The average Bonchev–Trinajstić information content (AvgIpc) is 2.89. The van der Waals surface area contributed by atoms with E-state index in [1.807, 2.05) is 6.07 Å². The lowest BCUT2D eigenvalue weighted by Gasteiger charge is -2.14. The Morgan fingerprint density at radius 1 is 1.33 bits per heavy atom. The number of benzene rings is 1. The quantitative estimate of drug-likeness (QED) is 0.501. The van der Waals surface area contributed by atoms with E-state index in [4.69, 9.17) is 23.2 Å². The normalized spacial score (nSPS) is 11.7. The van der Waals surface area contributed by atoms with E-state index in [9.17, 15) is 18.4 Å². The first-order valence-electron chi connectivity index (χ1n) is 7.43. The first-order valence-corrected chi connectivity index (χ1v) is 8.19. The van der Waals surface area contributed by atoms with Gasteiger partial charge in [-0.05, 0) is 24.6 Å². The molecule has 142 valence electrons. The Morgan fingerprint density at radius 2 is 1.89 bits per heavy atom. The fourth-order valence-electron chi connectivity index (χ4n) is 2.26. The van der Waals surface area contributed by atoms with E-state index >= 15 is 0 Å². The number of rotatable bonds is 4. The zero-order valence-electron chi connectivity index (χ0n) is 14.6. The topological polar surface area (TPSA) is 57.2 Å². The Balaban J connectivity index is 2.83. The van der Waals surface area contributed by atoms with Gasteiger partial charge in [0, 0.05) is 14.1 Å². The van der Waals surface area contributed by atoms with Gasteiger partial charge in [-0.15, -0.1) is 0 Å². The molecule has 0 saturated carbocycles. The van der Waals surface area contributed by atoms with Crippen LogP contribution in [0.15, 0.2) is 23.7 Å². The lowest BCUT2D eigenvalue weighted by atomic mass is 10.1. The van der Waals surface area contributed by atoms with Gasteiger partial charge in [0.1, 0.15) is 11.8 Å². The van der Waals surface area contributed by atoms with E-state index in [1.54, 1.807) is 25.9 Å². The molecule has 0 radical (unpaired) electrons. The fraction of sp³-hybridized carbons (Fsp3) is 0.235. The highest BCUT2D eigenvalue weighted by Crippen LogP contribution is 2.40. The first-order chi connectivity index (χ1) is 12.5. The molecular formula is C17H14Cl2F3N5. The van der Waals surface area contributed by atoms with Crippen LogP contribution in [-0.4, -0.2) is 35.1 Å². The highest BCUT2D eigenvalue weighted by atomic mass is 35.5. The van der Waals surface area contributed by atoms with Gasteiger partial charge < -0.3 is 4.90 Å². The lowest BCUT2D eigenvalue weighted by Crippen LogP contribution is -2.09. The molecule has 0 fully saturated rings. The van der Waals surface area contributed by atoms with E-state index in [0.29, 0.717) is 11.1 Å². The summed E-state index contributed by atoms with van der Waals surface area (Å²) in [6.45, 7) is 5.47. The van der Waals surface area contributed by atoms with Crippen molar-refractivity contribution in [3.8, 4) is 11.8 Å². The van der Waals surface area contributed by atoms with Crippen molar-refractivity contribution in [1.82, 2.24) is 14.7 Å². The summed E-state index contributed by atoms with van der Waals surface area (Å²) in [6.07, 6.45) is -3.16. The Kier molecular flexibility index (Phi) is 5.88. The van der Waals surface area contributed by atoms with Crippen molar-refractivity contribution in [3.05, 3.63) is 45.6 Å². The molecular weight excluding hydrogens is 402 g/mol. The maximum atomic E-state index is 13.0. The third kappa shape index (κ3) is 4.26. The largest absolute Gasteiger partial charge is 0.416 e. The van der Waals surface area contributed by atoms with Crippen molar-refractivity contribution >= 4 is 40.9 Å². The van der Waals surface area contributed by atoms with Gasteiger partial charge in [-0.2, -0.15) is 23.5 Å². The van der Waals surface area contributed by atoms with Crippen molar-refractivity contribution < 1.29 is 13.2 Å². The third-order valence-electron chi connectivity index (χ3n) is 3.36. The number of hydrogen-bond donors (Lipinski definition) is 0. The van der Waals surface area contributed by atoms with E-state index in [-0.39, 0.29) is 27.2 Å². The molecule has 0 aliphatic heterocycles. The molecule has 0 N–H and O–H groups in total. The minimum Gasteiger partial charge on any atom is -0.369 e. The Bertz CT molecular complexity index is 945. The summed E-state index contributed by atoms with van der Waals surface area (Å²) >= 11 is 12.2. The van der Waals surface area contributed by atoms with Gasteiger partial charge in [-0.1, -0.05) is 29.8 Å². The Labute approximate surface area is 163 Å². The zero-order valence-corrected chi connectivity index (χ0v) is 16.1. The van der Waals surface area contributed by atoms with Crippen LogP contribution in [0, 0.1) is 11.3 Å². The Morgan fingerprint density at radius 3 is 2.30 bits per heavy atom. The van der Waals surface area contributed by atoms with Crippen LogP contribution in [0.25, 0.3) is 11.3 Å². The van der Waals surface area contributed by atoms with Crippen LogP contribution in [0.5, 0.6) is 0 Å². The molecule has 2 aromatic rings. The van der Waals surface area contributed by atoms with Crippen molar-refractivity contribution in [2.75, 3.05) is 14.1 Å². The number of hydrogen-bond acceptors (Lipinski definition) is 3. The fourth-order valence-corrected chi connectivity index (χ4v) is 2.90. The molecule has 0 saturated heterocycles. The van der Waals surface area contributed by atoms with Gasteiger partial charge in [0.2, 0.25) is 0 Å². The molecule has 1 aromatic heterocycles. The smallest absolute Gasteiger partial charge is 0.369 e. The second-order valence-electron chi connectivity index (χ2n) is 5.85. The number of nitrogens with zero attached hydrogens (tertiary/aromatic N) is 5. The molecule has 1 heterocycles. The summed E-state index contributed by atoms with van der Waals surface area (Å²) in [5, 5.41) is 12.9. The number of allylic oxidation sites excluding steroid dienone is 1. The number of halogens is 5. The van der Waals surface area contributed by atoms with Crippen LogP contribution in [0.1, 0.15) is 23.7 Å². The first kappa shape index (κ1) is 20.8. The van der Waals surface area contributed by atoms with Crippen LogP contribution in [-0.2, 0) is 6.18 Å². The van der Waals surface area contributed by atoms with Crippen molar-refractivity contribution in [3.63, 3.8) is 0 Å². The van der Waals surface area contributed by atoms with Crippen LogP contribution in [0.4, 0.5) is 19.0 Å². The minimum absolute atomic E-state index is 0.000405. The Hall–Kier alpha value is -2.50. The lowest BCUT2D eigenvalue weighted by molar-refractivity contribution is -0.137. The van der Waals surface area contributed by atoms with Crippen molar-refractivity contribution in [2.24, 2.45) is 4.99 Å². The van der Waals surface area contributed by atoms with E-state index < -0.39 is 11.7 Å². The molecule has 5 nitrogen and oxygen atoms in total. The van der Waals surface area contributed by atoms with Crippen molar-refractivity contribution in [1.29, 1.82) is 5.26 Å². The maximum absolute atomic E-state index is 13.0. The molecule has 10 heteroatoms. The summed E-state index contributed by atoms with van der Waals surface area (Å²) in [4.78, 5) is 5.92. The van der Waals surface area contributed by atoms with E-state index in [0.717, 1.165) is 16.8 Å². The standard InChI is InChI=1S/C17H14Cl2F3N5/c1-9(2)14-13(7-23)25-27(16(14)24-8-26(3)4)15-11(18)5-10(6-12(15)19)17(20,21)22/h5-6,8H,1H2,2-4H3. The monoisotopic (exact) mass is 415 g/mol. The van der Waals surface area contributed by atoms with Crippen LogP contribution >= 0.6 is 23.2 Å². The predicted octanol–water partition coefficient (Wildman–Crippen LogP) is 5.32. The molecule has 2 rings (SSSR count). The number of nitriles is 1. The maximum Gasteiger partial charge on any atom is 0.416 e. The summed E-state index contributed by atoms with van der Waals surface area (Å²) < 4.78 is 40.1. The predicted molar refractivity (Wildman–Crippen MR) is 99.8 cm³/mol. The van der Waals surface area contributed by atoms with Gasteiger partial charge in [-0.25, -0.2) is 9.67 Å². The van der Waals surface area contributed by atoms with E-state index in [1.165, 1.54) is 6.34 Å². The molecule has 0 aliphatic carbocycles. The number of aromatic nitrogens is 2. The summed E-state index contributed by atoms with van der Waals surface area (Å²) in [7, 11) is 3.46. The molecule has 0 unspecified atom stereocenters. The molecule has 1 aromatic carbocycles. The molecule has 0 spiro atoms. The van der Waals surface area contributed by atoms with Gasteiger partial charge in [0.05, 0.1) is 27.5 Å². The van der Waals surface area contributed by atoms with Gasteiger partial charge in [-0.3, -0.25) is 0 Å². The third-order valence-corrected chi connectivity index (χ3v) is 3.94. The molecule has 0 aliphatic rings. The van der Waals surface area contributed by atoms with Gasteiger partial charge in [0.25, 0.3) is 0 Å². The van der Waals surface area contributed by atoms with Crippen LogP contribution in [0.3, 0.4) is 0 Å². The second-order valence-corrected chi connectivity index (χ2v) is 6.66. The van der Waals surface area contributed by atoms with Crippen molar-refractivity contribution in [2.45, 2.75) is 13.1 Å². The molecule has 0 bridgehead atoms. The average molecular weight is 416 g/mol. The van der Waals surface area contributed by atoms with Crippen LogP contribution in [0.2, 0.25) is 10.0 Å². The SMILES string of the molecule is C=C(C)c1c(C#N)nn(-c2c(Cl)cc(C(F)(F)F)cc2Cl)c1N=CN(C)C. The highest BCUT2D eigenvalue weighted by molar-refractivity contribution is 6.38. The number of aliphatic imine (C=N–C) groups is 1. The molecule has 0 atom stereocenters. The molecule has 27 heavy (non-hydrogen) atoms. The number of alkyl halides is 3. The highest BCUT2D eigenvalue weighted by Gasteiger charge is 2.33. The van der Waals surface area contributed by atoms with E-state index in [2.05, 4.69) is 16.7 Å². The molecule has 0 amide bonds. The summed E-state index contributed by atoms with van der Waals surface area (Å²) in [5.74, 6) is 0.177. The van der Waals surface area contributed by atoms with Gasteiger partial charge in [0.15, 0.2) is 11.5 Å². The van der Waals surface area contributed by atoms with Gasteiger partial charge >= 0.3 is 6.18 Å². The minimum atomic E-state index is -4.61. The second kappa shape index (κ2) is 7.62.